The van der Waals surface area contributed by atoms with E-state index in [0.29, 0.717) is 32.5 Å². The zero-order chi connectivity index (χ0) is 17.7. The fourth-order valence-electron chi connectivity index (χ4n) is 2.54. The van der Waals surface area contributed by atoms with Crippen molar-refractivity contribution in [1.82, 2.24) is 25.3 Å². The topological polar surface area (TPSA) is 79.3 Å². The lowest BCUT2D eigenvalue weighted by Crippen LogP contribution is -2.47. The fraction of sp³-hybridized carbons (Fsp3) is 0.643. The Labute approximate surface area is 137 Å². The molecule has 1 aliphatic heterocycles. The van der Waals surface area contributed by atoms with Crippen LogP contribution >= 0.6 is 0 Å². The van der Waals surface area contributed by atoms with Gasteiger partial charge in [0.05, 0.1) is 6.54 Å². The number of hydrogen-bond donors (Lipinski definition) is 2. The largest absolute Gasteiger partial charge is 0.435 e. The minimum atomic E-state index is -4.51. The number of carbonyl (C=O) groups excluding carboxylic acids is 2. The summed E-state index contributed by atoms with van der Waals surface area (Å²) >= 11 is 0. The zero-order valence-electron chi connectivity index (χ0n) is 13.3. The van der Waals surface area contributed by atoms with Crippen LogP contribution in [0.2, 0.25) is 0 Å². The van der Waals surface area contributed by atoms with Crippen LogP contribution in [0.3, 0.4) is 0 Å². The zero-order valence-corrected chi connectivity index (χ0v) is 13.3. The summed E-state index contributed by atoms with van der Waals surface area (Å²) < 4.78 is 38.3. The number of carbonyl (C=O) groups is 2. The molecular weight excluding hydrogens is 327 g/mol. The van der Waals surface area contributed by atoms with Gasteiger partial charge in [0.15, 0.2) is 5.69 Å². The van der Waals surface area contributed by atoms with Crippen LogP contribution in [0.4, 0.5) is 13.2 Å². The molecule has 2 amide bonds. The SMILES string of the molecule is CNC(=O)CN1CCC(NC(=O)Cn2ccc(C(F)(F)F)n2)CC1. The number of amides is 2. The summed E-state index contributed by atoms with van der Waals surface area (Å²) in [5.74, 6) is -0.437. The van der Waals surface area contributed by atoms with Gasteiger partial charge in [-0.2, -0.15) is 18.3 Å². The summed E-state index contributed by atoms with van der Waals surface area (Å²) in [7, 11) is 1.58. The highest BCUT2D eigenvalue weighted by atomic mass is 19.4. The highest BCUT2D eigenvalue weighted by Gasteiger charge is 2.33. The van der Waals surface area contributed by atoms with E-state index >= 15 is 0 Å². The number of likely N-dealkylation sites (tertiary alicyclic amines) is 1. The first kappa shape index (κ1) is 18.2. The quantitative estimate of drug-likeness (QED) is 0.799. The third kappa shape index (κ3) is 5.22. The number of rotatable bonds is 5. The Balaban J connectivity index is 1.76. The van der Waals surface area contributed by atoms with E-state index < -0.39 is 11.9 Å². The second-order valence-electron chi connectivity index (χ2n) is 5.69. The highest BCUT2D eigenvalue weighted by molar-refractivity contribution is 5.77. The summed E-state index contributed by atoms with van der Waals surface area (Å²) in [4.78, 5) is 25.2. The number of nitrogens with zero attached hydrogens (tertiary/aromatic N) is 3. The molecule has 0 aliphatic carbocycles. The molecule has 7 nitrogen and oxygen atoms in total. The van der Waals surface area contributed by atoms with Gasteiger partial charge in [-0.3, -0.25) is 19.2 Å². The second-order valence-corrected chi connectivity index (χ2v) is 5.69. The standard InChI is InChI=1S/C14H20F3N5O2/c1-18-12(23)8-21-5-2-10(3-6-21)19-13(24)9-22-7-4-11(20-22)14(15,16)17/h4,7,10H,2-3,5-6,8-9H2,1H3,(H,18,23)(H,19,24). The maximum absolute atomic E-state index is 12.5. The van der Waals surface area contributed by atoms with Gasteiger partial charge < -0.3 is 10.6 Å². The van der Waals surface area contributed by atoms with Crippen molar-refractivity contribution in [2.24, 2.45) is 0 Å². The van der Waals surface area contributed by atoms with Crippen LogP contribution < -0.4 is 10.6 Å². The maximum atomic E-state index is 12.5. The van der Waals surface area contributed by atoms with E-state index in [1.807, 2.05) is 4.90 Å². The molecule has 134 valence electrons. The first-order chi connectivity index (χ1) is 11.3. The third-order valence-electron chi connectivity index (χ3n) is 3.84. The first-order valence-electron chi connectivity index (χ1n) is 7.61. The normalized spacial score (nSPS) is 16.8. The number of piperidine rings is 1. The number of alkyl halides is 3. The number of nitrogens with one attached hydrogen (secondary N) is 2. The molecule has 2 N–H and O–H groups in total. The van der Waals surface area contributed by atoms with Crippen LogP contribution in [-0.2, 0) is 22.3 Å². The van der Waals surface area contributed by atoms with Crippen LogP contribution in [0.25, 0.3) is 0 Å². The molecule has 0 unspecified atom stereocenters. The Morgan fingerprint density at radius 3 is 2.46 bits per heavy atom. The lowest BCUT2D eigenvalue weighted by atomic mass is 10.1. The van der Waals surface area contributed by atoms with E-state index in [1.165, 1.54) is 0 Å². The van der Waals surface area contributed by atoms with Crippen LogP contribution in [0, 0.1) is 0 Å². The molecule has 0 spiro atoms. The van der Waals surface area contributed by atoms with Gasteiger partial charge in [-0.05, 0) is 18.9 Å². The lowest BCUT2D eigenvalue weighted by molar-refractivity contribution is -0.141. The lowest BCUT2D eigenvalue weighted by Gasteiger charge is -2.31. The van der Waals surface area contributed by atoms with Crippen molar-refractivity contribution in [2.45, 2.75) is 31.6 Å². The van der Waals surface area contributed by atoms with Crippen molar-refractivity contribution in [1.29, 1.82) is 0 Å². The maximum Gasteiger partial charge on any atom is 0.435 e. The molecular formula is C14H20F3N5O2. The molecule has 0 atom stereocenters. The van der Waals surface area contributed by atoms with Crippen molar-refractivity contribution in [3.63, 3.8) is 0 Å². The fourth-order valence-corrected chi connectivity index (χ4v) is 2.54. The minimum absolute atomic E-state index is 0.0453. The van der Waals surface area contributed by atoms with Crippen molar-refractivity contribution in [2.75, 3.05) is 26.7 Å². The molecule has 0 saturated carbocycles. The van der Waals surface area contributed by atoms with Gasteiger partial charge in [0, 0.05) is 32.4 Å². The van der Waals surface area contributed by atoms with Gasteiger partial charge in [0.2, 0.25) is 11.8 Å². The van der Waals surface area contributed by atoms with Crippen LogP contribution in [0.1, 0.15) is 18.5 Å². The molecule has 0 aromatic carbocycles. The van der Waals surface area contributed by atoms with E-state index in [1.54, 1.807) is 7.05 Å². The Morgan fingerprint density at radius 1 is 1.25 bits per heavy atom. The monoisotopic (exact) mass is 347 g/mol. The Kier molecular flexibility index (Phi) is 5.81. The Hall–Kier alpha value is -2.10. The smallest absolute Gasteiger partial charge is 0.358 e. The molecule has 24 heavy (non-hydrogen) atoms. The average Bonchev–Trinajstić information content (AvgIpc) is 2.97. The number of halogens is 3. The molecule has 1 fully saturated rings. The Bertz CT molecular complexity index is 579. The van der Waals surface area contributed by atoms with Gasteiger partial charge in [-0.15, -0.1) is 0 Å². The van der Waals surface area contributed by atoms with Gasteiger partial charge in [0.25, 0.3) is 0 Å². The van der Waals surface area contributed by atoms with Crippen molar-refractivity contribution < 1.29 is 22.8 Å². The van der Waals surface area contributed by atoms with Crippen LogP contribution in [-0.4, -0.2) is 59.2 Å². The van der Waals surface area contributed by atoms with Gasteiger partial charge in [-0.25, -0.2) is 0 Å². The van der Waals surface area contributed by atoms with Gasteiger partial charge in [-0.1, -0.05) is 0 Å². The summed E-state index contributed by atoms with van der Waals surface area (Å²) in [6, 6.07) is 0.793. The summed E-state index contributed by atoms with van der Waals surface area (Å²) in [6.45, 7) is 1.43. The van der Waals surface area contributed by atoms with Gasteiger partial charge >= 0.3 is 6.18 Å². The second kappa shape index (κ2) is 7.65. The highest BCUT2D eigenvalue weighted by Crippen LogP contribution is 2.27. The van der Waals surface area contributed by atoms with E-state index in [4.69, 9.17) is 0 Å². The molecule has 2 rings (SSSR count). The minimum Gasteiger partial charge on any atom is -0.358 e. The van der Waals surface area contributed by atoms with E-state index in [2.05, 4.69) is 15.7 Å². The van der Waals surface area contributed by atoms with Crippen LogP contribution in [0.15, 0.2) is 12.3 Å². The third-order valence-corrected chi connectivity index (χ3v) is 3.84. The number of likely N-dealkylation sites (N-methyl/N-ethyl adjacent to an activating group) is 1. The summed E-state index contributed by atoms with van der Waals surface area (Å²) in [5, 5.41) is 8.70. The first-order valence-corrected chi connectivity index (χ1v) is 7.61. The molecule has 1 aliphatic rings. The predicted octanol–water partition coefficient (Wildman–Crippen LogP) is 0.229. The van der Waals surface area contributed by atoms with Crippen LogP contribution in [0.5, 0.6) is 0 Å². The molecule has 0 bridgehead atoms. The van der Waals surface area contributed by atoms with Gasteiger partial charge in [0.1, 0.15) is 6.54 Å². The molecule has 2 heterocycles. The van der Waals surface area contributed by atoms with Crippen molar-refractivity contribution in [3.8, 4) is 0 Å². The van der Waals surface area contributed by atoms with Crippen molar-refractivity contribution >= 4 is 11.8 Å². The molecule has 0 radical (unpaired) electrons. The molecule has 1 aromatic heterocycles. The number of hydrogen-bond acceptors (Lipinski definition) is 4. The van der Waals surface area contributed by atoms with E-state index in [9.17, 15) is 22.8 Å². The molecule has 1 aromatic rings. The summed E-state index contributed by atoms with van der Waals surface area (Å²) in [5.41, 5.74) is -1.02. The average molecular weight is 347 g/mol. The molecule has 10 heteroatoms. The van der Waals surface area contributed by atoms with E-state index in [-0.39, 0.29) is 24.4 Å². The van der Waals surface area contributed by atoms with Crippen molar-refractivity contribution in [3.05, 3.63) is 18.0 Å². The summed E-state index contributed by atoms with van der Waals surface area (Å²) in [6.07, 6.45) is -2.00. The van der Waals surface area contributed by atoms with E-state index in [0.717, 1.165) is 16.9 Å². The number of aromatic nitrogens is 2. The molecule has 1 saturated heterocycles. The predicted molar refractivity (Wildman–Crippen MR) is 78.9 cm³/mol. The Morgan fingerprint density at radius 2 is 1.92 bits per heavy atom.